The smallest absolute Gasteiger partial charge is 0.318 e. The van der Waals surface area contributed by atoms with Crippen LogP contribution in [0.5, 0.6) is 5.75 Å². The van der Waals surface area contributed by atoms with Gasteiger partial charge in [0.15, 0.2) is 0 Å². The predicted octanol–water partition coefficient (Wildman–Crippen LogP) is 1.50. The summed E-state index contributed by atoms with van der Waals surface area (Å²) in [6.07, 6.45) is -2.67. The van der Waals surface area contributed by atoms with E-state index >= 15 is 0 Å². The van der Waals surface area contributed by atoms with Gasteiger partial charge in [-0.1, -0.05) is 0 Å². The Kier molecular flexibility index (Phi) is 2.75. The summed E-state index contributed by atoms with van der Waals surface area (Å²) >= 11 is 0. The molecule has 0 atom stereocenters. The van der Waals surface area contributed by atoms with Crippen LogP contribution < -0.4 is 0 Å². The van der Waals surface area contributed by atoms with Crippen molar-refractivity contribution in [3.63, 3.8) is 0 Å². The summed E-state index contributed by atoms with van der Waals surface area (Å²) in [6, 6.07) is 1.30. The Balaban J connectivity index is 3.60. The molecule has 0 aromatic carbocycles. The minimum Gasteiger partial charge on any atom is -0.506 e. The minimum atomic E-state index is -3.25. The van der Waals surface area contributed by atoms with Crippen molar-refractivity contribution in [3.8, 4) is 11.8 Å². The Morgan fingerprint density at radius 3 is 2.67 bits per heavy atom. The van der Waals surface area contributed by atoms with Crippen LogP contribution in [0.25, 0.3) is 0 Å². The van der Waals surface area contributed by atoms with E-state index in [0.29, 0.717) is 6.20 Å². The van der Waals surface area contributed by atoms with Gasteiger partial charge in [-0.15, -0.1) is 0 Å². The first kappa shape index (κ1) is 10.8. The number of alkyl halides is 2. The van der Waals surface area contributed by atoms with Gasteiger partial charge in [-0.25, -0.2) is 13.8 Å². The maximum Gasteiger partial charge on any atom is 0.318 e. The van der Waals surface area contributed by atoms with Crippen LogP contribution in [-0.4, -0.2) is 15.0 Å². The second-order valence-electron chi connectivity index (χ2n) is 2.42. The SMILES string of the molecule is N#Cc1ncc(O)c(C(F)F)c1[N+](=O)[O-]. The fourth-order valence-electron chi connectivity index (χ4n) is 0.987. The molecule has 1 aromatic heterocycles. The van der Waals surface area contributed by atoms with Crippen LogP contribution in [0.2, 0.25) is 0 Å². The molecule has 15 heavy (non-hydrogen) atoms. The number of hydrogen-bond donors (Lipinski definition) is 1. The highest BCUT2D eigenvalue weighted by Crippen LogP contribution is 2.36. The molecule has 0 unspecified atom stereocenters. The number of pyridine rings is 1. The molecule has 1 rings (SSSR count). The first-order valence-corrected chi connectivity index (χ1v) is 3.53. The molecule has 8 heteroatoms. The van der Waals surface area contributed by atoms with E-state index in [1.165, 1.54) is 6.07 Å². The maximum absolute atomic E-state index is 12.4. The number of nitriles is 1. The Hall–Kier alpha value is -2.30. The molecule has 0 radical (unpaired) electrons. The third kappa shape index (κ3) is 1.80. The second kappa shape index (κ2) is 3.83. The second-order valence-corrected chi connectivity index (χ2v) is 2.42. The number of hydrogen-bond acceptors (Lipinski definition) is 5. The van der Waals surface area contributed by atoms with E-state index in [0.717, 1.165) is 0 Å². The zero-order valence-corrected chi connectivity index (χ0v) is 7.02. The average molecular weight is 215 g/mol. The standard InChI is InChI=1S/C7H3F2N3O3/c8-7(9)5-4(13)2-11-3(1-10)6(5)12(14)15/h2,7,13H. The van der Waals surface area contributed by atoms with E-state index in [1.54, 1.807) is 0 Å². The molecule has 6 nitrogen and oxygen atoms in total. The lowest BCUT2D eigenvalue weighted by Gasteiger charge is -2.04. The fraction of sp³-hybridized carbons (Fsp3) is 0.143. The molecule has 0 aliphatic heterocycles. The van der Waals surface area contributed by atoms with Gasteiger partial charge in [0, 0.05) is 0 Å². The van der Waals surface area contributed by atoms with Crippen LogP contribution in [0.3, 0.4) is 0 Å². The van der Waals surface area contributed by atoms with Crippen molar-refractivity contribution in [1.82, 2.24) is 4.98 Å². The average Bonchev–Trinajstić information content (AvgIpc) is 2.16. The first-order chi connectivity index (χ1) is 6.99. The summed E-state index contributed by atoms with van der Waals surface area (Å²) in [5.74, 6) is -1.00. The molecular weight excluding hydrogens is 212 g/mol. The molecule has 0 fully saturated rings. The van der Waals surface area contributed by atoms with Crippen molar-refractivity contribution in [2.45, 2.75) is 6.43 Å². The summed E-state index contributed by atoms with van der Waals surface area (Å²) in [6.45, 7) is 0. The molecule has 0 spiro atoms. The van der Waals surface area contributed by atoms with Gasteiger partial charge in [0.1, 0.15) is 17.4 Å². The predicted molar refractivity (Wildman–Crippen MR) is 42.2 cm³/mol. The highest BCUT2D eigenvalue weighted by atomic mass is 19.3. The van der Waals surface area contributed by atoms with E-state index in [4.69, 9.17) is 10.4 Å². The van der Waals surface area contributed by atoms with Crippen LogP contribution in [0.15, 0.2) is 6.20 Å². The quantitative estimate of drug-likeness (QED) is 0.595. The molecular formula is C7H3F2N3O3. The van der Waals surface area contributed by atoms with E-state index in [-0.39, 0.29) is 0 Å². The van der Waals surface area contributed by atoms with Gasteiger partial charge in [-0.3, -0.25) is 10.1 Å². The zero-order chi connectivity index (χ0) is 11.6. The van der Waals surface area contributed by atoms with E-state index in [1.807, 2.05) is 0 Å². The number of halogens is 2. The summed E-state index contributed by atoms with van der Waals surface area (Å²) in [5, 5.41) is 27.8. The number of nitrogens with zero attached hydrogens (tertiary/aromatic N) is 3. The van der Waals surface area contributed by atoms with Crippen LogP contribution in [0.4, 0.5) is 14.5 Å². The van der Waals surface area contributed by atoms with Crippen molar-refractivity contribution in [2.24, 2.45) is 0 Å². The lowest BCUT2D eigenvalue weighted by atomic mass is 10.1. The largest absolute Gasteiger partial charge is 0.506 e. The maximum atomic E-state index is 12.4. The summed E-state index contributed by atoms with van der Waals surface area (Å²) in [4.78, 5) is 12.4. The fourth-order valence-corrected chi connectivity index (χ4v) is 0.987. The molecule has 1 aromatic rings. The molecule has 0 saturated carbocycles. The van der Waals surface area contributed by atoms with Crippen LogP contribution in [0.1, 0.15) is 17.7 Å². The third-order valence-corrected chi connectivity index (χ3v) is 1.58. The van der Waals surface area contributed by atoms with Crippen molar-refractivity contribution in [3.05, 3.63) is 27.6 Å². The number of rotatable bonds is 2. The van der Waals surface area contributed by atoms with Gasteiger partial charge in [-0.2, -0.15) is 5.26 Å². The normalized spacial score (nSPS) is 10.0. The Labute approximate surface area is 81.6 Å². The molecule has 0 aliphatic rings. The van der Waals surface area contributed by atoms with Crippen molar-refractivity contribution in [1.29, 1.82) is 5.26 Å². The van der Waals surface area contributed by atoms with Crippen LogP contribution in [-0.2, 0) is 0 Å². The molecule has 1 heterocycles. The highest BCUT2D eigenvalue weighted by molar-refractivity contribution is 5.55. The van der Waals surface area contributed by atoms with E-state index in [2.05, 4.69) is 4.98 Å². The molecule has 0 aliphatic carbocycles. The van der Waals surface area contributed by atoms with Gasteiger partial charge >= 0.3 is 5.69 Å². The van der Waals surface area contributed by atoms with Crippen molar-refractivity contribution >= 4 is 5.69 Å². The van der Waals surface area contributed by atoms with E-state index in [9.17, 15) is 18.9 Å². The molecule has 0 saturated heterocycles. The number of aromatic nitrogens is 1. The van der Waals surface area contributed by atoms with Gasteiger partial charge in [-0.05, 0) is 0 Å². The van der Waals surface area contributed by atoms with Crippen molar-refractivity contribution in [2.75, 3.05) is 0 Å². The summed E-state index contributed by atoms with van der Waals surface area (Å²) < 4.78 is 24.7. The highest BCUT2D eigenvalue weighted by Gasteiger charge is 2.30. The van der Waals surface area contributed by atoms with E-state index < -0.39 is 34.0 Å². The van der Waals surface area contributed by atoms with Crippen LogP contribution >= 0.6 is 0 Å². The lowest BCUT2D eigenvalue weighted by molar-refractivity contribution is -0.386. The molecule has 0 bridgehead atoms. The Bertz CT molecular complexity index is 456. The van der Waals surface area contributed by atoms with Gasteiger partial charge in [0.2, 0.25) is 5.69 Å². The number of aromatic hydroxyl groups is 1. The van der Waals surface area contributed by atoms with Gasteiger partial charge in [0.05, 0.1) is 11.1 Å². The molecule has 1 N–H and O–H groups in total. The minimum absolute atomic E-state index is 0.576. The van der Waals surface area contributed by atoms with Crippen LogP contribution in [0, 0.1) is 21.4 Å². The van der Waals surface area contributed by atoms with Gasteiger partial charge < -0.3 is 5.11 Å². The molecule has 0 amide bonds. The monoisotopic (exact) mass is 215 g/mol. The lowest BCUT2D eigenvalue weighted by Crippen LogP contribution is -2.01. The topological polar surface area (TPSA) is 100 Å². The summed E-state index contributed by atoms with van der Waals surface area (Å²) in [5.41, 5.74) is -3.10. The van der Waals surface area contributed by atoms with Gasteiger partial charge in [0.25, 0.3) is 6.43 Å². The van der Waals surface area contributed by atoms with Crippen molar-refractivity contribution < 1.29 is 18.8 Å². The third-order valence-electron chi connectivity index (χ3n) is 1.58. The Morgan fingerprint density at radius 2 is 2.27 bits per heavy atom. The summed E-state index contributed by atoms with van der Waals surface area (Å²) in [7, 11) is 0. The molecule has 78 valence electrons. The number of nitro groups is 1. The first-order valence-electron chi connectivity index (χ1n) is 3.53. The Morgan fingerprint density at radius 1 is 1.67 bits per heavy atom. The zero-order valence-electron chi connectivity index (χ0n) is 7.02.